The lowest BCUT2D eigenvalue weighted by Crippen LogP contribution is -2.39. The van der Waals surface area contributed by atoms with Crippen LogP contribution in [0.4, 0.5) is 33.3 Å². The fraction of sp³-hybridized carbons (Fsp3) is 0.474. The maximum atomic E-state index is 16.1. The molecule has 4 N–H and O–H groups in total. The van der Waals surface area contributed by atoms with Crippen molar-refractivity contribution < 1.29 is 22.0 Å². The summed E-state index contributed by atoms with van der Waals surface area (Å²) in [7, 11) is 0. The molecule has 4 saturated heterocycles. The molecule has 5 aromatic rings. The summed E-state index contributed by atoms with van der Waals surface area (Å²) >= 11 is 0. The Balaban J connectivity index is 1.08. The number of piperidine rings is 1. The van der Waals surface area contributed by atoms with Gasteiger partial charge in [0.05, 0.1) is 52.2 Å². The fourth-order valence-corrected chi connectivity index (χ4v) is 8.93. The van der Waals surface area contributed by atoms with Gasteiger partial charge in [-0.05, 0) is 112 Å². The Morgan fingerprint density at radius 2 is 1.16 bits per heavy atom. The minimum absolute atomic E-state index is 0.0581. The summed E-state index contributed by atoms with van der Waals surface area (Å²) in [6.45, 7) is 1.81. The zero-order valence-electron chi connectivity index (χ0n) is 28.2. The van der Waals surface area contributed by atoms with Crippen molar-refractivity contribution >= 4 is 33.4 Å². The first kappa shape index (κ1) is 32.7. The van der Waals surface area contributed by atoms with Crippen molar-refractivity contribution in [3.8, 4) is 0 Å². The quantitative estimate of drug-likeness (QED) is 0.133. The van der Waals surface area contributed by atoms with Gasteiger partial charge in [-0.25, -0.2) is 18.7 Å². The lowest BCUT2D eigenvalue weighted by Gasteiger charge is -2.36. The first-order valence-corrected chi connectivity index (χ1v) is 18.2. The zero-order valence-corrected chi connectivity index (χ0v) is 28.2. The van der Waals surface area contributed by atoms with Crippen molar-refractivity contribution in [2.45, 2.75) is 81.7 Å². The first-order chi connectivity index (χ1) is 24.7. The number of benzene rings is 3. The van der Waals surface area contributed by atoms with E-state index in [4.69, 9.17) is 9.97 Å². The molecule has 4 aliphatic rings. The van der Waals surface area contributed by atoms with E-state index < -0.39 is 23.7 Å². The molecule has 4 atom stereocenters. The van der Waals surface area contributed by atoms with Crippen molar-refractivity contribution in [1.29, 1.82) is 0 Å². The molecule has 0 unspecified atom stereocenters. The summed E-state index contributed by atoms with van der Waals surface area (Å²) in [6, 6.07) is 15.0. The maximum Gasteiger partial charge on any atom is 0.391 e. The van der Waals surface area contributed by atoms with E-state index in [-0.39, 0.29) is 55.8 Å². The summed E-state index contributed by atoms with van der Waals surface area (Å²) in [6.07, 6.45) is 1.06. The maximum absolute atomic E-state index is 16.1. The molecule has 0 bridgehead atoms. The Morgan fingerprint density at radius 1 is 0.647 bits per heavy atom. The van der Waals surface area contributed by atoms with Gasteiger partial charge in [0.1, 0.15) is 17.3 Å². The Bertz CT molecular complexity index is 1930. The van der Waals surface area contributed by atoms with Crippen LogP contribution in [0.5, 0.6) is 0 Å². The Labute approximate surface area is 292 Å². The number of halogens is 5. The first-order valence-electron chi connectivity index (χ1n) is 18.2. The Kier molecular flexibility index (Phi) is 8.18. The normalized spacial score (nSPS) is 24.9. The van der Waals surface area contributed by atoms with Gasteiger partial charge in [0.15, 0.2) is 11.6 Å². The molecule has 9 rings (SSSR count). The molecule has 4 aliphatic heterocycles. The van der Waals surface area contributed by atoms with Gasteiger partial charge in [0.25, 0.3) is 0 Å². The van der Waals surface area contributed by atoms with Crippen LogP contribution >= 0.6 is 0 Å². The SMILES string of the molecule is Fc1cc(N2[C@@H](c3ccc4nc([C@@H]5CCCN5)[nH]c4c3)CC[C@@H]2c2ccc3nc([C@@H]4CCCN4)[nH]c3c2)cc(F)c1N1CCC(C(F)(F)F)CC1. The summed E-state index contributed by atoms with van der Waals surface area (Å²) in [5.41, 5.74) is 5.74. The van der Waals surface area contributed by atoms with Crippen molar-refractivity contribution in [2.24, 2.45) is 5.92 Å². The fourth-order valence-electron chi connectivity index (χ4n) is 8.93. The highest BCUT2D eigenvalue weighted by Crippen LogP contribution is 2.49. The predicted octanol–water partition coefficient (Wildman–Crippen LogP) is 8.43. The average Bonchev–Trinajstić information content (AvgIpc) is 3.96. The molecule has 3 aromatic carbocycles. The molecule has 6 heterocycles. The largest absolute Gasteiger partial charge is 0.391 e. The number of hydrogen-bond donors (Lipinski definition) is 4. The van der Waals surface area contributed by atoms with E-state index in [0.29, 0.717) is 5.69 Å². The van der Waals surface area contributed by atoms with Crippen molar-refractivity contribution in [3.05, 3.63) is 82.9 Å². The highest BCUT2D eigenvalue weighted by atomic mass is 19.4. The van der Waals surface area contributed by atoms with Crippen molar-refractivity contribution in [2.75, 3.05) is 36.0 Å². The van der Waals surface area contributed by atoms with Gasteiger partial charge in [0, 0.05) is 18.8 Å². The number of rotatable bonds is 6. The molecule has 51 heavy (non-hydrogen) atoms. The van der Waals surface area contributed by atoms with E-state index >= 15 is 8.78 Å². The second kappa shape index (κ2) is 12.8. The van der Waals surface area contributed by atoms with E-state index in [9.17, 15) is 13.2 Å². The van der Waals surface area contributed by atoms with E-state index in [2.05, 4.69) is 49.8 Å². The van der Waals surface area contributed by atoms with Crippen LogP contribution in [0.15, 0.2) is 48.5 Å². The summed E-state index contributed by atoms with van der Waals surface area (Å²) in [5, 5.41) is 6.99. The van der Waals surface area contributed by atoms with Crippen LogP contribution in [0.25, 0.3) is 22.1 Å². The van der Waals surface area contributed by atoms with Gasteiger partial charge in [-0.2, -0.15) is 13.2 Å². The molecule has 268 valence electrons. The molecular weight excluding hydrogens is 663 g/mol. The van der Waals surface area contributed by atoms with Crippen molar-refractivity contribution in [1.82, 2.24) is 30.6 Å². The molecule has 4 fully saturated rings. The van der Waals surface area contributed by atoms with Crippen LogP contribution in [-0.4, -0.2) is 52.3 Å². The molecule has 0 spiro atoms. The van der Waals surface area contributed by atoms with E-state index in [1.165, 1.54) is 17.0 Å². The second-order valence-corrected chi connectivity index (χ2v) is 14.7. The van der Waals surface area contributed by atoms with Crippen LogP contribution in [0.3, 0.4) is 0 Å². The third kappa shape index (κ3) is 6.01. The Morgan fingerprint density at radius 3 is 1.61 bits per heavy atom. The van der Waals surface area contributed by atoms with Crippen LogP contribution in [-0.2, 0) is 0 Å². The smallest absolute Gasteiger partial charge is 0.367 e. The number of nitrogens with one attached hydrogen (secondary N) is 4. The highest BCUT2D eigenvalue weighted by molar-refractivity contribution is 5.78. The van der Waals surface area contributed by atoms with Crippen LogP contribution < -0.4 is 20.4 Å². The number of H-pyrrole nitrogens is 2. The minimum atomic E-state index is -4.31. The summed E-state index contributed by atoms with van der Waals surface area (Å²) in [4.78, 5) is 20.2. The average molecular weight is 705 g/mol. The standard InChI is InChI=1S/C38H41F5N8/c39-25-19-24(20-26(40)35(25)50-15-11-23(12-16-50)38(41,42)43)51-33(21-5-7-27-31(17-21)48-36(46-27)29-3-1-13-44-29)9-10-34(51)22-6-8-28-32(18-22)49-37(47-28)30-4-2-14-45-30/h5-8,17-20,23,29-30,33-34,44-45H,1-4,9-16H2,(H,46,48)(H,47,49)/t29-,30-,33+,34+/m0/s1. The van der Waals surface area contributed by atoms with E-state index in [1.807, 2.05) is 12.1 Å². The third-order valence-electron chi connectivity index (χ3n) is 11.6. The zero-order chi connectivity index (χ0) is 34.9. The monoisotopic (exact) mass is 704 g/mol. The third-order valence-corrected chi connectivity index (χ3v) is 11.6. The minimum Gasteiger partial charge on any atom is -0.367 e. The summed E-state index contributed by atoms with van der Waals surface area (Å²) < 4.78 is 72.2. The molecule has 13 heteroatoms. The number of fused-ring (bicyclic) bond motifs is 2. The lowest BCUT2D eigenvalue weighted by molar-refractivity contribution is -0.179. The van der Waals surface area contributed by atoms with E-state index in [1.54, 1.807) is 0 Å². The van der Waals surface area contributed by atoms with Gasteiger partial charge < -0.3 is 30.4 Å². The topological polar surface area (TPSA) is 87.9 Å². The predicted molar refractivity (Wildman–Crippen MR) is 187 cm³/mol. The van der Waals surface area contributed by atoms with E-state index in [0.717, 1.165) is 96.5 Å². The molecule has 0 saturated carbocycles. The number of anilines is 2. The van der Waals surface area contributed by atoms with Crippen LogP contribution in [0.1, 0.15) is 98.3 Å². The highest BCUT2D eigenvalue weighted by Gasteiger charge is 2.42. The van der Waals surface area contributed by atoms with Crippen molar-refractivity contribution in [3.63, 3.8) is 0 Å². The van der Waals surface area contributed by atoms with Gasteiger partial charge in [0.2, 0.25) is 0 Å². The number of imidazole rings is 2. The van der Waals surface area contributed by atoms with Gasteiger partial charge in [-0.15, -0.1) is 0 Å². The molecule has 0 radical (unpaired) electrons. The number of alkyl halides is 3. The molecule has 0 amide bonds. The number of aromatic nitrogens is 4. The lowest BCUT2D eigenvalue weighted by atomic mass is 9.95. The number of aromatic amines is 2. The Hall–Kier alpha value is -4.23. The van der Waals surface area contributed by atoms with Crippen LogP contribution in [0, 0.1) is 17.6 Å². The van der Waals surface area contributed by atoms with Gasteiger partial charge >= 0.3 is 6.18 Å². The molecular formula is C38H41F5N8. The van der Waals surface area contributed by atoms with Gasteiger partial charge in [-0.3, -0.25) is 0 Å². The molecule has 0 aliphatic carbocycles. The summed E-state index contributed by atoms with van der Waals surface area (Å²) in [5.74, 6) is -1.16. The van der Waals surface area contributed by atoms with Crippen LogP contribution in [0.2, 0.25) is 0 Å². The number of nitrogens with zero attached hydrogens (tertiary/aromatic N) is 4. The second-order valence-electron chi connectivity index (χ2n) is 14.7. The van der Waals surface area contributed by atoms with Gasteiger partial charge in [-0.1, -0.05) is 12.1 Å². The molecule has 2 aromatic heterocycles. The molecule has 8 nitrogen and oxygen atoms in total. The number of hydrogen-bond acceptors (Lipinski definition) is 6.